The van der Waals surface area contributed by atoms with Gasteiger partial charge in [0.15, 0.2) is 0 Å². The lowest BCUT2D eigenvalue weighted by atomic mass is 9.86. The van der Waals surface area contributed by atoms with Crippen molar-refractivity contribution in [2.75, 3.05) is 20.3 Å². The summed E-state index contributed by atoms with van der Waals surface area (Å²) in [4.78, 5) is 18.2. The molecule has 0 amide bonds. The topological polar surface area (TPSA) is 93.1 Å². The summed E-state index contributed by atoms with van der Waals surface area (Å²) in [6, 6.07) is 6.51. The second kappa shape index (κ2) is 11.5. The summed E-state index contributed by atoms with van der Waals surface area (Å²) in [6.45, 7) is 10.5. The van der Waals surface area contributed by atoms with Crippen molar-refractivity contribution in [1.82, 2.24) is 0 Å². The number of rotatable bonds is 7. The molecule has 0 aliphatic heterocycles. The van der Waals surface area contributed by atoms with Gasteiger partial charge < -0.3 is 19.7 Å². The third-order valence-electron chi connectivity index (χ3n) is 3.47. The largest absolute Gasteiger partial charge is 0.493 e. The Morgan fingerprint density at radius 1 is 1.00 bits per heavy atom. The summed E-state index contributed by atoms with van der Waals surface area (Å²) < 4.78 is 10.9. The van der Waals surface area contributed by atoms with Gasteiger partial charge in [0.1, 0.15) is 5.75 Å². The van der Waals surface area contributed by atoms with Crippen LogP contribution in [0.15, 0.2) is 18.2 Å². The van der Waals surface area contributed by atoms with Crippen LogP contribution in [0.5, 0.6) is 5.75 Å². The molecule has 25 heavy (non-hydrogen) atoms. The quantitative estimate of drug-likeness (QED) is 0.573. The molecule has 1 aromatic carbocycles. The van der Waals surface area contributed by atoms with Crippen LogP contribution >= 0.6 is 0 Å². The van der Waals surface area contributed by atoms with Gasteiger partial charge in [-0.1, -0.05) is 32.9 Å². The predicted molar refractivity (Wildman–Crippen MR) is 96.4 cm³/mol. The number of hydrogen-bond acceptors (Lipinski definition) is 4. The van der Waals surface area contributed by atoms with Gasteiger partial charge >= 0.3 is 11.9 Å². The molecule has 0 bridgehead atoms. The van der Waals surface area contributed by atoms with Gasteiger partial charge in [-0.3, -0.25) is 0 Å². The molecule has 0 saturated carbocycles. The number of carbonyl (C=O) groups is 2. The normalized spacial score (nSPS) is 10.6. The average molecular weight is 354 g/mol. The molecule has 6 heteroatoms. The monoisotopic (exact) mass is 354 g/mol. The minimum atomic E-state index is -1.82. The Labute approximate surface area is 149 Å². The number of aryl methyl sites for hydroxylation is 1. The van der Waals surface area contributed by atoms with Crippen molar-refractivity contribution in [3.63, 3.8) is 0 Å². The van der Waals surface area contributed by atoms with Crippen LogP contribution in [0.1, 0.15) is 51.2 Å². The van der Waals surface area contributed by atoms with Crippen molar-refractivity contribution in [1.29, 1.82) is 0 Å². The van der Waals surface area contributed by atoms with Gasteiger partial charge in [-0.25, -0.2) is 9.59 Å². The van der Waals surface area contributed by atoms with Crippen molar-refractivity contribution in [2.45, 2.75) is 52.4 Å². The van der Waals surface area contributed by atoms with Crippen LogP contribution in [0.3, 0.4) is 0 Å². The van der Waals surface area contributed by atoms with Crippen molar-refractivity contribution >= 4 is 11.9 Å². The van der Waals surface area contributed by atoms with E-state index in [1.165, 1.54) is 11.1 Å². The van der Waals surface area contributed by atoms with E-state index in [1.54, 1.807) is 7.11 Å². The molecule has 142 valence electrons. The molecule has 0 heterocycles. The Bertz CT molecular complexity index is 533. The maximum Gasteiger partial charge on any atom is 0.414 e. The van der Waals surface area contributed by atoms with E-state index in [0.717, 1.165) is 38.2 Å². The van der Waals surface area contributed by atoms with Gasteiger partial charge in [0.2, 0.25) is 0 Å². The van der Waals surface area contributed by atoms with E-state index in [-0.39, 0.29) is 5.41 Å². The third kappa shape index (κ3) is 10.4. The zero-order chi connectivity index (χ0) is 19.5. The van der Waals surface area contributed by atoms with E-state index < -0.39 is 11.9 Å². The van der Waals surface area contributed by atoms with Gasteiger partial charge in [0.25, 0.3) is 0 Å². The molecule has 0 spiro atoms. The highest BCUT2D eigenvalue weighted by atomic mass is 16.5. The molecule has 0 fully saturated rings. The van der Waals surface area contributed by atoms with Gasteiger partial charge in [-0.2, -0.15) is 0 Å². The lowest BCUT2D eigenvalue weighted by Gasteiger charge is -2.20. The summed E-state index contributed by atoms with van der Waals surface area (Å²) in [7, 11) is 1.75. The molecular formula is C19H30O6. The maximum absolute atomic E-state index is 9.10. The first-order valence-corrected chi connectivity index (χ1v) is 8.28. The van der Waals surface area contributed by atoms with Gasteiger partial charge in [0, 0.05) is 13.7 Å². The Balaban J connectivity index is 0.000000823. The highest BCUT2D eigenvalue weighted by Crippen LogP contribution is 2.27. The number of aliphatic carboxylic acids is 2. The molecule has 0 radical (unpaired) electrons. The lowest BCUT2D eigenvalue weighted by molar-refractivity contribution is -0.159. The number of methoxy groups -OCH3 is 1. The fourth-order valence-electron chi connectivity index (χ4n) is 1.99. The molecule has 2 N–H and O–H groups in total. The molecule has 0 aromatic heterocycles. The van der Waals surface area contributed by atoms with Crippen molar-refractivity contribution in [3.05, 3.63) is 29.3 Å². The fraction of sp³-hybridized carbons (Fsp3) is 0.579. The molecule has 0 aliphatic carbocycles. The summed E-state index contributed by atoms with van der Waals surface area (Å²) in [5.41, 5.74) is 2.78. The summed E-state index contributed by atoms with van der Waals surface area (Å²) in [6.07, 6.45) is 3.36. The van der Waals surface area contributed by atoms with Crippen LogP contribution in [-0.4, -0.2) is 42.5 Å². The molecule has 0 saturated heterocycles. The second-order valence-corrected chi connectivity index (χ2v) is 6.74. The Morgan fingerprint density at radius 3 is 2.00 bits per heavy atom. The SMILES string of the molecule is COCCCCCOc1ccc(C(C)(C)C)cc1C.O=C(O)C(=O)O. The van der Waals surface area contributed by atoms with Crippen molar-refractivity contribution < 1.29 is 29.3 Å². The molecule has 6 nitrogen and oxygen atoms in total. The zero-order valence-corrected chi connectivity index (χ0v) is 15.8. The number of carboxylic acid groups (broad SMARTS) is 2. The van der Waals surface area contributed by atoms with E-state index in [4.69, 9.17) is 29.3 Å². The lowest BCUT2D eigenvalue weighted by Crippen LogP contribution is -2.11. The first-order valence-electron chi connectivity index (χ1n) is 8.28. The predicted octanol–water partition coefficient (Wildman–Crippen LogP) is 3.64. The number of unbranched alkanes of at least 4 members (excludes halogenated alkanes) is 2. The highest BCUT2D eigenvalue weighted by molar-refractivity contribution is 6.27. The number of hydrogen-bond donors (Lipinski definition) is 2. The van der Waals surface area contributed by atoms with Crippen LogP contribution in [0.4, 0.5) is 0 Å². The summed E-state index contributed by atoms with van der Waals surface area (Å²) >= 11 is 0. The standard InChI is InChI=1S/C17H28O2.C2H2O4/c1-14-13-15(17(2,3)4)9-10-16(14)19-12-8-6-7-11-18-5;3-1(4)2(5)6/h9-10,13H,6-8,11-12H2,1-5H3;(H,3,4)(H,5,6). The summed E-state index contributed by atoms with van der Waals surface area (Å²) in [5.74, 6) is -2.63. The van der Waals surface area contributed by atoms with Gasteiger partial charge in [-0.05, 0) is 48.8 Å². The fourth-order valence-corrected chi connectivity index (χ4v) is 1.99. The molecular weight excluding hydrogens is 324 g/mol. The summed E-state index contributed by atoms with van der Waals surface area (Å²) in [5, 5.41) is 14.8. The first kappa shape index (κ1) is 22.9. The number of ether oxygens (including phenoxy) is 2. The maximum atomic E-state index is 9.10. The van der Waals surface area contributed by atoms with E-state index in [9.17, 15) is 0 Å². The molecule has 0 atom stereocenters. The molecule has 1 rings (SSSR count). The number of benzene rings is 1. The number of carboxylic acids is 2. The second-order valence-electron chi connectivity index (χ2n) is 6.74. The van der Waals surface area contributed by atoms with E-state index in [0.29, 0.717) is 0 Å². The zero-order valence-electron chi connectivity index (χ0n) is 15.8. The highest BCUT2D eigenvalue weighted by Gasteiger charge is 2.14. The smallest absolute Gasteiger partial charge is 0.414 e. The van der Waals surface area contributed by atoms with Crippen molar-refractivity contribution in [2.24, 2.45) is 0 Å². The third-order valence-corrected chi connectivity index (χ3v) is 3.47. The van der Waals surface area contributed by atoms with Gasteiger partial charge in [0.05, 0.1) is 6.61 Å². The van der Waals surface area contributed by atoms with E-state index in [1.807, 2.05) is 0 Å². The van der Waals surface area contributed by atoms with Crippen LogP contribution in [0.2, 0.25) is 0 Å². The first-order chi connectivity index (χ1) is 11.6. The van der Waals surface area contributed by atoms with Crippen molar-refractivity contribution in [3.8, 4) is 5.75 Å². The van der Waals surface area contributed by atoms with Crippen LogP contribution in [0, 0.1) is 6.92 Å². The Morgan fingerprint density at radius 2 is 1.56 bits per heavy atom. The van der Waals surface area contributed by atoms with Gasteiger partial charge in [-0.15, -0.1) is 0 Å². The molecule has 0 aliphatic rings. The van der Waals surface area contributed by atoms with Crippen LogP contribution in [-0.2, 0) is 19.7 Å². The van der Waals surface area contributed by atoms with Crippen LogP contribution < -0.4 is 4.74 Å². The van der Waals surface area contributed by atoms with Crippen LogP contribution in [0.25, 0.3) is 0 Å². The molecule has 1 aromatic rings. The Hall–Kier alpha value is -2.08. The molecule has 0 unspecified atom stereocenters. The van der Waals surface area contributed by atoms with E-state index in [2.05, 4.69) is 45.9 Å². The van der Waals surface area contributed by atoms with E-state index >= 15 is 0 Å². The Kier molecular flexibility index (Phi) is 10.5. The minimum Gasteiger partial charge on any atom is -0.493 e. The minimum absolute atomic E-state index is 0.198. The average Bonchev–Trinajstić information content (AvgIpc) is 2.51.